The number of amides is 1. The Morgan fingerprint density at radius 3 is 2.93 bits per heavy atom. The van der Waals surface area contributed by atoms with E-state index in [-0.39, 0.29) is 24.2 Å². The average molecular weight is 368 g/mol. The quantitative estimate of drug-likeness (QED) is 0.766. The fourth-order valence-electron chi connectivity index (χ4n) is 3.56. The second kappa shape index (κ2) is 6.40. The molecule has 3 aromatic rings. The summed E-state index contributed by atoms with van der Waals surface area (Å²) in [6, 6.07) is 3.64. The topological polar surface area (TPSA) is 80.3 Å². The lowest BCUT2D eigenvalue weighted by atomic mass is 10.1. The molecule has 3 aromatic heterocycles. The Kier molecular flexibility index (Phi) is 3.87. The van der Waals surface area contributed by atoms with Gasteiger partial charge in [-0.15, -0.1) is 0 Å². The fraction of sp³-hybridized carbons (Fsp3) is 0.316. The molecule has 0 spiro atoms. The molecular formula is C19H17FN4O3. The number of anilines is 1. The predicted octanol–water partition coefficient (Wildman–Crippen LogP) is 2.07. The van der Waals surface area contributed by atoms with Crippen molar-refractivity contribution in [2.45, 2.75) is 12.5 Å². The Labute approximate surface area is 154 Å². The van der Waals surface area contributed by atoms with Crippen molar-refractivity contribution < 1.29 is 18.7 Å². The first-order chi connectivity index (χ1) is 13.2. The first kappa shape index (κ1) is 16.3. The third-order valence-corrected chi connectivity index (χ3v) is 4.94. The zero-order valence-electron chi connectivity index (χ0n) is 14.4. The minimum absolute atomic E-state index is 0.00548. The van der Waals surface area contributed by atoms with Crippen LogP contribution in [0.25, 0.3) is 22.2 Å². The number of pyridine rings is 2. The van der Waals surface area contributed by atoms with E-state index in [9.17, 15) is 9.18 Å². The lowest BCUT2D eigenvalue weighted by Gasteiger charge is -2.27. The summed E-state index contributed by atoms with van der Waals surface area (Å²) in [5.74, 6) is -0.353. The molecule has 0 unspecified atom stereocenters. The van der Waals surface area contributed by atoms with Gasteiger partial charge in [-0.3, -0.25) is 9.78 Å². The Bertz CT molecular complexity index is 1030. The van der Waals surface area contributed by atoms with Crippen LogP contribution >= 0.6 is 0 Å². The molecule has 27 heavy (non-hydrogen) atoms. The van der Waals surface area contributed by atoms with E-state index in [1.165, 1.54) is 6.20 Å². The van der Waals surface area contributed by atoms with Crippen LogP contribution in [0.5, 0.6) is 0 Å². The summed E-state index contributed by atoms with van der Waals surface area (Å²) >= 11 is 0. The van der Waals surface area contributed by atoms with Crippen LogP contribution < -0.4 is 4.90 Å². The van der Waals surface area contributed by atoms with Crippen molar-refractivity contribution in [3.8, 4) is 11.1 Å². The fourth-order valence-corrected chi connectivity index (χ4v) is 3.56. The predicted molar refractivity (Wildman–Crippen MR) is 95.9 cm³/mol. The molecule has 0 aromatic carbocycles. The van der Waals surface area contributed by atoms with Gasteiger partial charge in [0.25, 0.3) is 0 Å². The lowest BCUT2D eigenvalue weighted by molar-refractivity contribution is -0.119. The zero-order valence-corrected chi connectivity index (χ0v) is 14.4. The highest BCUT2D eigenvalue weighted by atomic mass is 19.1. The van der Waals surface area contributed by atoms with Gasteiger partial charge in [-0.05, 0) is 12.1 Å². The van der Waals surface area contributed by atoms with Crippen molar-refractivity contribution in [3.63, 3.8) is 0 Å². The zero-order chi connectivity index (χ0) is 18.4. The number of H-pyrrole nitrogens is 1. The van der Waals surface area contributed by atoms with Crippen molar-refractivity contribution >= 4 is 22.6 Å². The number of carbonyl (C=O) groups is 1. The maximum absolute atomic E-state index is 13.9. The van der Waals surface area contributed by atoms with Gasteiger partial charge in [0, 0.05) is 29.7 Å². The summed E-state index contributed by atoms with van der Waals surface area (Å²) in [6.07, 6.45) is 4.77. The van der Waals surface area contributed by atoms with E-state index in [1.807, 2.05) is 6.07 Å². The van der Waals surface area contributed by atoms with Gasteiger partial charge in [0.15, 0.2) is 0 Å². The van der Waals surface area contributed by atoms with Gasteiger partial charge in [0.2, 0.25) is 5.91 Å². The van der Waals surface area contributed by atoms with Crippen LogP contribution in [0.15, 0.2) is 30.7 Å². The van der Waals surface area contributed by atoms with Crippen molar-refractivity contribution in [2.24, 2.45) is 0 Å². The minimum atomic E-state index is -0.347. The van der Waals surface area contributed by atoms with Gasteiger partial charge in [0.1, 0.15) is 11.5 Å². The molecule has 138 valence electrons. The van der Waals surface area contributed by atoms with Crippen molar-refractivity contribution in [1.29, 1.82) is 0 Å². The first-order valence-corrected chi connectivity index (χ1v) is 8.80. The normalized spacial score (nSPS) is 19.7. The number of halogens is 1. The highest BCUT2D eigenvalue weighted by molar-refractivity contribution is 6.01. The number of carbonyl (C=O) groups excluding carboxylic acids is 1. The van der Waals surface area contributed by atoms with E-state index in [0.717, 1.165) is 22.5 Å². The van der Waals surface area contributed by atoms with Crippen molar-refractivity contribution in [3.05, 3.63) is 42.2 Å². The molecule has 0 saturated carbocycles. The van der Waals surface area contributed by atoms with E-state index < -0.39 is 0 Å². The highest BCUT2D eigenvalue weighted by Gasteiger charge is 2.31. The van der Waals surface area contributed by atoms with Gasteiger partial charge in [-0.25, -0.2) is 9.37 Å². The monoisotopic (exact) mass is 368 g/mol. The summed E-state index contributed by atoms with van der Waals surface area (Å²) in [5, 5.41) is 0.425. The lowest BCUT2D eigenvalue weighted by Crippen LogP contribution is -2.41. The Hall–Kier alpha value is -2.84. The molecule has 0 bridgehead atoms. The van der Waals surface area contributed by atoms with Crippen LogP contribution in [-0.4, -0.2) is 53.3 Å². The molecule has 2 aliphatic rings. The molecule has 1 amide bonds. The molecular weight excluding hydrogens is 351 g/mol. The Balaban J connectivity index is 1.49. The van der Waals surface area contributed by atoms with Crippen LogP contribution in [0.1, 0.15) is 5.69 Å². The Morgan fingerprint density at radius 2 is 2.07 bits per heavy atom. The maximum Gasteiger partial charge on any atom is 0.233 e. The van der Waals surface area contributed by atoms with Crippen molar-refractivity contribution in [2.75, 3.05) is 31.3 Å². The molecule has 0 aliphatic carbocycles. The smallest absolute Gasteiger partial charge is 0.233 e. The maximum atomic E-state index is 13.9. The van der Waals surface area contributed by atoms with Gasteiger partial charge >= 0.3 is 0 Å². The number of ether oxygens (including phenoxy) is 2. The van der Waals surface area contributed by atoms with E-state index in [1.54, 1.807) is 23.4 Å². The number of nitrogens with zero attached hydrogens (tertiary/aromatic N) is 3. The third-order valence-electron chi connectivity index (χ3n) is 4.94. The number of aromatic amines is 1. The second-order valence-electron chi connectivity index (χ2n) is 6.70. The number of hydrogen-bond donors (Lipinski definition) is 1. The molecule has 7 nitrogen and oxygen atoms in total. The van der Waals surface area contributed by atoms with E-state index >= 15 is 0 Å². The molecule has 5 rings (SSSR count). The molecule has 0 radical (unpaired) electrons. The van der Waals surface area contributed by atoms with E-state index in [4.69, 9.17) is 9.47 Å². The third kappa shape index (κ3) is 2.87. The molecule has 2 aliphatic heterocycles. The highest BCUT2D eigenvalue weighted by Crippen LogP contribution is 2.33. The number of fused-ring (bicyclic) bond motifs is 2. The number of nitrogens with one attached hydrogen (secondary N) is 1. The van der Waals surface area contributed by atoms with Crippen LogP contribution in [0.3, 0.4) is 0 Å². The van der Waals surface area contributed by atoms with E-state index in [0.29, 0.717) is 37.4 Å². The number of hydrogen-bond acceptors (Lipinski definition) is 5. The summed E-state index contributed by atoms with van der Waals surface area (Å²) in [7, 11) is 0. The summed E-state index contributed by atoms with van der Waals surface area (Å²) in [5.41, 5.74) is 3.53. The first-order valence-electron chi connectivity index (χ1n) is 8.80. The Morgan fingerprint density at radius 1 is 1.22 bits per heavy atom. The molecule has 1 saturated heterocycles. The SMILES string of the molecule is O=C1Cc2ncc(-c3cnc4[nH]cc(F)c4c3)cc2N1C[C@H]1COCCO1. The van der Waals surface area contributed by atoms with Gasteiger partial charge in [-0.1, -0.05) is 0 Å². The average Bonchev–Trinajstić information content (AvgIpc) is 3.22. The van der Waals surface area contributed by atoms with Crippen LogP contribution in [-0.2, 0) is 20.7 Å². The van der Waals surface area contributed by atoms with Gasteiger partial charge in [0.05, 0.1) is 55.7 Å². The molecule has 1 atom stereocenters. The van der Waals surface area contributed by atoms with Crippen LogP contribution in [0.4, 0.5) is 10.1 Å². The summed E-state index contributed by atoms with van der Waals surface area (Å²) in [6.45, 7) is 2.02. The van der Waals surface area contributed by atoms with E-state index in [2.05, 4.69) is 15.0 Å². The molecule has 8 heteroatoms. The summed E-state index contributed by atoms with van der Waals surface area (Å²) < 4.78 is 25.0. The number of rotatable bonds is 3. The molecule has 1 fully saturated rings. The standard InChI is InChI=1S/C19H17FN4O3/c20-15-8-23-19-14(15)3-11(7-22-19)12-4-17-16(21-6-12)5-18(25)24(17)9-13-10-26-1-2-27-13/h3-4,6-8,13H,1-2,5,9-10H2,(H,22,23)/t13-/m0/s1. The van der Waals surface area contributed by atoms with Crippen LogP contribution in [0.2, 0.25) is 0 Å². The summed E-state index contributed by atoms with van der Waals surface area (Å²) in [4.78, 5) is 25.7. The van der Waals surface area contributed by atoms with Crippen LogP contribution in [0, 0.1) is 5.82 Å². The van der Waals surface area contributed by atoms with Crippen molar-refractivity contribution in [1.82, 2.24) is 15.0 Å². The molecule has 5 heterocycles. The molecule has 1 N–H and O–H groups in total. The van der Waals surface area contributed by atoms with Gasteiger partial charge in [-0.2, -0.15) is 0 Å². The largest absolute Gasteiger partial charge is 0.376 e. The van der Waals surface area contributed by atoms with Gasteiger partial charge < -0.3 is 19.4 Å². The minimum Gasteiger partial charge on any atom is -0.376 e. The number of aromatic nitrogens is 3. The second-order valence-corrected chi connectivity index (χ2v) is 6.70.